The fourth-order valence-corrected chi connectivity index (χ4v) is 2.61. The summed E-state index contributed by atoms with van der Waals surface area (Å²) in [5.74, 6) is -0.0399. The van der Waals surface area contributed by atoms with Crippen LogP contribution in [0.3, 0.4) is 0 Å². The lowest BCUT2D eigenvalue weighted by atomic mass is 10.1. The summed E-state index contributed by atoms with van der Waals surface area (Å²) >= 11 is 5.94. The van der Waals surface area contributed by atoms with Crippen molar-refractivity contribution in [3.63, 3.8) is 0 Å². The zero-order valence-electron chi connectivity index (χ0n) is 12.4. The van der Waals surface area contributed by atoms with Crippen molar-refractivity contribution in [1.82, 2.24) is 10.3 Å². The molecule has 0 spiro atoms. The third-order valence-electron chi connectivity index (χ3n) is 3.69. The van der Waals surface area contributed by atoms with Crippen LogP contribution in [0.1, 0.15) is 38.2 Å². The molecule has 1 N–H and O–H groups in total. The van der Waals surface area contributed by atoms with E-state index >= 15 is 0 Å². The Morgan fingerprint density at radius 3 is 2.81 bits per heavy atom. The molecule has 0 bridgehead atoms. The Hall–Kier alpha value is -1.39. The Morgan fingerprint density at radius 2 is 2.10 bits per heavy atom. The van der Waals surface area contributed by atoms with Crippen LogP contribution in [0, 0.1) is 0 Å². The summed E-state index contributed by atoms with van der Waals surface area (Å²) in [4.78, 5) is 14.2. The highest BCUT2D eigenvalue weighted by molar-refractivity contribution is 6.31. The highest BCUT2D eigenvalue weighted by Crippen LogP contribution is 2.11. The number of rotatable bonds is 5. The van der Waals surface area contributed by atoms with Crippen molar-refractivity contribution >= 4 is 23.2 Å². The number of benzene rings is 1. The molecule has 0 atom stereocenters. The molecule has 2 rings (SSSR count). The first-order valence-electron chi connectivity index (χ1n) is 7.46. The van der Waals surface area contributed by atoms with E-state index in [1.165, 1.54) is 19.3 Å². The van der Waals surface area contributed by atoms with Crippen LogP contribution in [-0.4, -0.2) is 36.2 Å². The molecular weight excluding hydrogens is 286 g/mol. The molecule has 0 saturated carbocycles. The zero-order valence-corrected chi connectivity index (χ0v) is 13.2. The molecule has 0 aromatic heterocycles. The number of halogens is 1. The summed E-state index contributed by atoms with van der Waals surface area (Å²) in [6, 6.07) is 7.44. The Bertz CT molecular complexity index is 510. The number of hydrogen-bond acceptors (Lipinski definition) is 3. The van der Waals surface area contributed by atoms with Gasteiger partial charge < -0.3 is 4.90 Å². The van der Waals surface area contributed by atoms with Crippen molar-refractivity contribution in [3.05, 3.63) is 34.9 Å². The van der Waals surface area contributed by atoms with Crippen LogP contribution < -0.4 is 5.43 Å². The van der Waals surface area contributed by atoms with Gasteiger partial charge in [-0.2, -0.15) is 5.10 Å². The van der Waals surface area contributed by atoms with Gasteiger partial charge in [0.25, 0.3) is 0 Å². The minimum Gasteiger partial charge on any atom is -0.303 e. The summed E-state index contributed by atoms with van der Waals surface area (Å²) in [5, 5.41) is 4.80. The first kappa shape index (κ1) is 16.0. The predicted molar refractivity (Wildman–Crippen MR) is 86.7 cm³/mol. The minimum atomic E-state index is -0.0399. The quantitative estimate of drug-likeness (QED) is 0.671. The molecule has 1 aromatic carbocycles. The van der Waals surface area contributed by atoms with Gasteiger partial charge in [-0.3, -0.25) is 4.79 Å². The molecule has 0 aliphatic carbocycles. The number of amides is 1. The predicted octanol–water partition coefficient (Wildman–Crippen LogP) is 3.06. The SMILES string of the molecule is C/C(=N\NC(=O)CCN1CCCCC1)c1cccc(Cl)c1. The number of nitrogens with one attached hydrogen (secondary N) is 1. The average Bonchev–Trinajstić information content (AvgIpc) is 2.51. The van der Waals surface area contributed by atoms with Crippen molar-refractivity contribution < 1.29 is 4.79 Å². The first-order chi connectivity index (χ1) is 10.1. The van der Waals surface area contributed by atoms with Crippen molar-refractivity contribution in [1.29, 1.82) is 0 Å². The van der Waals surface area contributed by atoms with E-state index < -0.39 is 0 Å². The van der Waals surface area contributed by atoms with Crippen molar-refractivity contribution in [3.8, 4) is 0 Å². The smallest absolute Gasteiger partial charge is 0.241 e. The van der Waals surface area contributed by atoms with Gasteiger partial charge in [0.1, 0.15) is 0 Å². The molecule has 1 aliphatic rings. The Kier molecular flexibility index (Phi) is 6.21. The number of piperidine rings is 1. The van der Waals surface area contributed by atoms with Gasteiger partial charge in [-0.25, -0.2) is 5.43 Å². The van der Waals surface area contributed by atoms with Gasteiger partial charge >= 0.3 is 0 Å². The van der Waals surface area contributed by atoms with Crippen LogP contribution >= 0.6 is 11.6 Å². The maximum atomic E-state index is 11.8. The monoisotopic (exact) mass is 307 g/mol. The van der Waals surface area contributed by atoms with Gasteiger partial charge in [-0.1, -0.05) is 30.2 Å². The third kappa shape index (κ3) is 5.48. The molecule has 1 heterocycles. The normalized spacial score (nSPS) is 16.8. The van der Waals surface area contributed by atoms with Crippen molar-refractivity contribution in [2.45, 2.75) is 32.6 Å². The van der Waals surface area contributed by atoms with E-state index in [9.17, 15) is 4.79 Å². The number of hydrazone groups is 1. The second-order valence-corrected chi connectivity index (χ2v) is 5.83. The van der Waals surface area contributed by atoms with Gasteiger partial charge in [0.15, 0.2) is 0 Å². The lowest BCUT2D eigenvalue weighted by molar-refractivity contribution is -0.121. The van der Waals surface area contributed by atoms with Gasteiger partial charge in [0.2, 0.25) is 5.91 Å². The third-order valence-corrected chi connectivity index (χ3v) is 3.93. The van der Waals surface area contributed by atoms with Crippen molar-refractivity contribution in [2.24, 2.45) is 5.10 Å². The van der Waals surface area contributed by atoms with Crippen LogP contribution in [0.5, 0.6) is 0 Å². The van der Waals surface area contributed by atoms with Crippen LogP contribution in [0.4, 0.5) is 0 Å². The maximum Gasteiger partial charge on any atom is 0.241 e. The number of likely N-dealkylation sites (tertiary alicyclic amines) is 1. The molecule has 1 saturated heterocycles. The lowest BCUT2D eigenvalue weighted by Crippen LogP contribution is -2.33. The van der Waals surface area contributed by atoms with Crippen LogP contribution in [-0.2, 0) is 4.79 Å². The molecule has 0 radical (unpaired) electrons. The van der Waals surface area contributed by atoms with E-state index in [1.54, 1.807) is 0 Å². The minimum absolute atomic E-state index is 0.0399. The number of nitrogens with zero attached hydrogens (tertiary/aromatic N) is 2. The number of carbonyl (C=O) groups excluding carboxylic acids is 1. The Balaban J connectivity index is 1.78. The van der Waals surface area contributed by atoms with Crippen LogP contribution in [0.2, 0.25) is 5.02 Å². The molecule has 0 unspecified atom stereocenters. The van der Waals surface area contributed by atoms with E-state index in [2.05, 4.69) is 15.4 Å². The number of carbonyl (C=O) groups is 1. The fraction of sp³-hybridized carbons (Fsp3) is 0.500. The molecule has 1 fully saturated rings. The van der Waals surface area contributed by atoms with Crippen LogP contribution in [0.25, 0.3) is 0 Å². The summed E-state index contributed by atoms with van der Waals surface area (Å²) in [7, 11) is 0. The molecule has 1 aromatic rings. The molecule has 21 heavy (non-hydrogen) atoms. The average molecular weight is 308 g/mol. The highest BCUT2D eigenvalue weighted by Gasteiger charge is 2.11. The zero-order chi connectivity index (χ0) is 15.1. The van der Waals surface area contributed by atoms with E-state index in [-0.39, 0.29) is 5.91 Å². The second-order valence-electron chi connectivity index (χ2n) is 5.39. The summed E-state index contributed by atoms with van der Waals surface area (Å²) in [6.07, 6.45) is 4.29. The highest BCUT2D eigenvalue weighted by atomic mass is 35.5. The van der Waals surface area contributed by atoms with E-state index in [0.29, 0.717) is 11.4 Å². The summed E-state index contributed by atoms with van der Waals surface area (Å²) < 4.78 is 0. The molecule has 1 amide bonds. The molecule has 5 heteroatoms. The molecular formula is C16H22ClN3O. The van der Waals surface area contributed by atoms with Crippen molar-refractivity contribution in [2.75, 3.05) is 19.6 Å². The molecule has 4 nitrogen and oxygen atoms in total. The van der Waals surface area contributed by atoms with E-state index in [0.717, 1.165) is 30.9 Å². The summed E-state index contributed by atoms with van der Waals surface area (Å²) in [5.41, 5.74) is 4.29. The number of hydrogen-bond donors (Lipinski definition) is 1. The Morgan fingerprint density at radius 1 is 1.33 bits per heavy atom. The van der Waals surface area contributed by atoms with Crippen LogP contribution in [0.15, 0.2) is 29.4 Å². The lowest BCUT2D eigenvalue weighted by Gasteiger charge is -2.25. The van der Waals surface area contributed by atoms with E-state index in [4.69, 9.17) is 11.6 Å². The fourth-order valence-electron chi connectivity index (χ4n) is 2.42. The first-order valence-corrected chi connectivity index (χ1v) is 7.84. The van der Waals surface area contributed by atoms with Gasteiger partial charge in [0.05, 0.1) is 5.71 Å². The van der Waals surface area contributed by atoms with Gasteiger partial charge in [-0.05, 0) is 50.6 Å². The molecule has 1 aliphatic heterocycles. The second kappa shape index (κ2) is 8.15. The van der Waals surface area contributed by atoms with Gasteiger partial charge in [0, 0.05) is 18.0 Å². The largest absolute Gasteiger partial charge is 0.303 e. The van der Waals surface area contributed by atoms with E-state index in [1.807, 2.05) is 31.2 Å². The Labute approximate surface area is 131 Å². The standard InChI is InChI=1S/C16H22ClN3O/c1-13(14-6-5-7-15(17)12-14)18-19-16(21)8-11-20-9-3-2-4-10-20/h5-7,12H,2-4,8-11H2,1H3,(H,19,21)/b18-13+. The topological polar surface area (TPSA) is 44.7 Å². The van der Waals surface area contributed by atoms with Gasteiger partial charge in [-0.15, -0.1) is 0 Å². The molecule has 114 valence electrons. The summed E-state index contributed by atoms with van der Waals surface area (Å²) in [6.45, 7) is 4.89. The maximum absolute atomic E-state index is 11.8.